The molecule has 7 nitrogen and oxygen atoms in total. The fraction of sp³-hybridized carbons (Fsp3) is 0.190. The van der Waals surface area contributed by atoms with Gasteiger partial charge in [-0.25, -0.2) is 9.78 Å². The summed E-state index contributed by atoms with van der Waals surface area (Å²) in [5.41, 5.74) is 3.70. The first kappa shape index (κ1) is 19.2. The molecule has 0 spiro atoms. The summed E-state index contributed by atoms with van der Waals surface area (Å²) in [6.07, 6.45) is 2.55. The molecular weight excluding hydrogens is 390 g/mol. The molecule has 8 heteroatoms. The summed E-state index contributed by atoms with van der Waals surface area (Å²) >= 11 is 6.11. The zero-order valence-corrected chi connectivity index (χ0v) is 16.5. The lowest BCUT2D eigenvalue weighted by molar-refractivity contribution is 0.193. The minimum atomic E-state index is -0.736. The monoisotopic (exact) mass is 409 g/mol. The molecule has 2 amide bonds. The van der Waals surface area contributed by atoms with Crippen LogP contribution in [-0.4, -0.2) is 40.3 Å². The highest BCUT2D eigenvalue weighted by Gasteiger charge is 2.27. The normalized spacial score (nSPS) is 15.8. The first-order valence-corrected chi connectivity index (χ1v) is 9.56. The molecule has 1 atom stereocenters. The van der Waals surface area contributed by atoms with Crippen molar-refractivity contribution in [3.8, 4) is 11.3 Å². The Morgan fingerprint density at radius 3 is 2.93 bits per heavy atom. The van der Waals surface area contributed by atoms with E-state index < -0.39 is 12.1 Å². The standard InChI is InChI=1S/C21H20ClN5O2/c1-13-7-16(10-23-9-13)25-21(29)27-12-17(28)11-24-19-6-5-18(26-20(19)27)14-3-2-4-15(22)8-14/h2-10,17,24,28H,11-12H2,1H3,(H,25,29)/t17-/m1/s1. The Kier molecular flexibility index (Phi) is 5.33. The highest BCUT2D eigenvalue weighted by atomic mass is 35.5. The number of aryl methyl sites for hydroxylation is 1. The Morgan fingerprint density at radius 2 is 2.14 bits per heavy atom. The van der Waals surface area contributed by atoms with Crippen LogP contribution in [0.2, 0.25) is 5.02 Å². The number of pyridine rings is 2. The van der Waals surface area contributed by atoms with Crippen molar-refractivity contribution in [2.75, 3.05) is 28.6 Å². The highest BCUT2D eigenvalue weighted by molar-refractivity contribution is 6.30. The van der Waals surface area contributed by atoms with E-state index in [9.17, 15) is 9.90 Å². The number of carbonyl (C=O) groups excluding carboxylic acids is 1. The number of aliphatic hydroxyl groups excluding tert-OH is 1. The maximum absolute atomic E-state index is 13.0. The summed E-state index contributed by atoms with van der Waals surface area (Å²) in [6, 6.07) is 12.5. The third kappa shape index (κ3) is 4.31. The molecule has 0 fully saturated rings. The van der Waals surface area contributed by atoms with Crippen molar-refractivity contribution in [3.63, 3.8) is 0 Å². The molecule has 3 N–H and O–H groups in total. The second-order valence-corrected chi connectivity index (χ2v) is 7.34. The summed E-state index contributed by atoms with van der Waals surface area (Å²) in [5, 5.41) is 16.9. The van der Waals surface area contributed by atoms with Crippen LogP contribution >= 0.6 is 11.6 Å². The number of rotatable bonds is 2. The number of benzene rings is 1. The van der Waals surface area contributed by atoms with E-state index in [2.05, 4.69) is 15.6 Å². The number of aliphatic hydroxyl groups is 1. The summed E-state index contributed by atoms with van der Waals surface area (Å²) in [4.78, 5) is 23.3. The van der Waals surface area contributed by atoms with Gasteiger partial charge in [-0.3, -0.25) is 9.88 Å². The van der Waals surface area contributed by atoms with Crippen LogP contribution in [0.15, 0.2) is 54.9 Å². The molecular formula is C21H20ClN5O2. The van der Waals surface area contributed by atoms with Gasteiger partial charge in [0.2, 0.25) is 0 Å². The van der Waals surface area contributed by atoms with Crippen molar-refractivity contribution in [1.29, 1.82) is 0 Å². The first-order valence-electron chi connectivity index (χ1n) is 9.19. The summed E-state index contributed by atoms with van der Waals surface area (Å²) in [6.45, 7) is 2.33. The molecule has 1 aliphatic rings. The fourth-order valence-electron chi connectivity index (χ4n) is 3.18. The van der Waals surface area contributed by atoms with Gasteiger partial charge >= 0.3 is 6.03 Å². The van der Waals surface area contributed by atoms with E-state index in [0.29, 0.717) is 34.5 Å². The lowest BCUT2D eigenvalue weighted by Crippen LogP contribution is -2.41. The Balaban J connectivity index is 1.70. The molecule has 1 aliphatic heterocycles. The van der Waals surface area contributed by atoms with E-state index in [1.807, 2.05) is 43.3 Å². The maximum atomic E-state index is 13.0. The van der Waals surface area contributed by atoms with Crippen molar-refractivity contribution in [2.24, 2.45) is 0 Å². The number of urea groups is 1. The second kappa shape index (κ2) is 8.06. The quantitative estimate of drug-likeness (QED) is 0.596. The zero-order chi connectivity index (χ0) is 20.4. The lowest BCUT2D eigenvalue weighted by Gasteiger charge is -2.23. The molecule has 3 aromatic rings. The van der Waals surface area contributed by atoms with Crippen LogP contribution < -0.4 is 15.5 Å². The molecule has 1 aromatic carbocycles. The predicted octanol–water partition coefficient (Wildman–Crippen LogP) is 3.93. The van der Waals surface area contributed by atoms with Crippen LogP contribution in [0.5, 0.6) is 0 Å². The Bertz CT molecular complexity index is 1060. The number of hydrogen-bond acceptors (Lipinski definition) is 5. The molecule has 2 aromatic heterocycles. The average molecular weight is 410 g/mol. The first-order chi connectivity index (χ1) is 14.0. The predicted molar refractivity (Wildman–Crippen MR) is 115 cm³/mol. The third-order valence-corrected chi connectivity index (χ3v) is 4.78. The van der Waals surface area contributed by atoms with Gasteiger partial charge in [0.05, 0.1) is 35.9 Å². The van der Waals surface area contributed by atoms with Gasteiger partial charge in [0, 0.05) is 23.3 Å². The van der Waals surface area contributed by atoms with Gasteiger partial charge < -0.3 is 15.7 Å². The number of β-amino-alcohol motifs (C(OH)–C–C–N with tert-alkyl or cyclic N) is 1. The topological polar surface area (TPSA) is 90.4 Å². The van der Waals surface area contributed by atoms with Gasteiger partial charge in [0.15, 0.2) is 5.82 Å². The fourth-order valence-corrected chi connectivity index (χ4v) is 3.37. The van der Waals surface area contributed by atoms with Gasteiger partial charge in [-0.2, -0.15) is 0 Å². The number of nitrogens with one attached hydrogen (secondary N) is 2. The molecule has 29 heavy (non-hydrogen) atoms. The van der Waals surface area contributed by atoms with Gasteiger partial charge in [-0.05, 0) is 42.8 Å². The minimum absolute atomic E-state index is 0.108. The van der Waals surface area contributed by atoms with E-state index in [4.69, 9.17) is 16.6 Å². The number of nitrogens with zero attached hydrogens (tertiary/aromatic N) is 3. The molecule has 4 rings (SSSR count). The van der Waals surface area contributed by atoms with Crippen LogP contribution in [0.25, 0.3) is 11.3 Å². The van der Waals surface area contributed by atoms with Crippen molar-refractivity contribution >= 4 is 34.8 Å². The number of fused-ring (bicyclic) bond motifs is 1. The maximum Gasteiger partial charge on any atom is 0.327 e. The van der Waals surface area contributed by atoms with Crippen molar-refractivity contribution in [1.82, 2.24) is 9.97 Å². The summed E-state index contributed by atoms with van der Waals surface area (Å²) < 4.78 is 0. The lowest BCUT2D eigenvalue weighted by atomic mass is 10.1. The van der Waals surface area contributed by atoms with E-state index in [1.165, 1.54) is 4.90 Å². The molecule has 0 aliphatic carbocycles. The van der Waals surface area contributed by atoms with E-state index in [0.717, 1.165) is 11.1 Å². The molecule has 148 valence electrons. The van der Waals surface area contributed by atoms with E-state index in [-0.39, 0.29) is 6.54 Å². The van der Waals surface area contributed by atoms with E-state index >= 15 is 0 Å². The number of halogens is 1. The molecule has 0 saturated heterocycles. The smallest absolute Gasteiger partial charge is 0.327 e. The van der Waals surface area contributed by atoms with Crippen molar-refractivity contribution in [3.05, 3.63) is 65.4 Å². The summed E-state index contributed by atoms with van der Waals surface area (Å²) in [7, 11) is 0. The molecule has 3 heterocycles. The Hall–Kier alpha value is -3.16. The third-order valence-electron chi connectivity index (χ3n) is 4.54. The number of aromatic nitrogens is 2. The SMILES string of the molecule is Cc1cncc(NC(=O)N2C[C@H](O)CNc3ccc(-c4cccc(Cl)c4)nc32)c1. The molecule has 0 unspecified atom stereocenters. The molecule has 0 saturated carbocycles. The highest BCUT2D eigenvalue weighted by Crippen LogP contribution is 2.31. The average Bonchev–Trinajstić information content (AvgIpc) is 2.87. The van der Waals surface area contributed by atoms with E-state index in [1.54, 1.807) is 18.5 Å². The van der Waals surface area contributed by atoms with Crippen molar-refractivity contribution in [2.45, 2.75) is 13.0 Å². The molecule has 0 bridgehead atoms. The second-order valence-electron chi connectivity index (χ2n) is 6.90. The van der Waals surface area contributed by atoms with Crippen molar-refractivity contribution < 1.29 is 9.90 Å². The summed E-state index contributed by atoms with van der Waals surface area (Å²) in [5.74, 6) is 0.442. The number of amides is 2. The van der Waals surface area contributed by atoms with Gasteiger partial charge in [-0.15, -0.1) is 0 Å². The Morgan fingerprint density at radius 1 is 1.28 bits per heavy atom. The number of anilines is 3. The van der Waals surface area contributed by atoms with Crippen LogP contribution in [0.1, 0.15) is 5.56 Å². The van der Waals surface area contributed by atoms with Crippen LogP contribution in [-0.2, 0) is 0 Å². The van der Waals surface area contributed by atoms with Gasteiger partial charge in [0.1, 0.15) is 0 Å². The number of hydrogen-bond donors (Lipinski definition) is 3. The minimum Gasteiger partial charge on any atom is -0.389 e. The van der Waals surface area contributed by atoms with Gasteiger partial charge in [-0.1, -0.05) is 23.7 Å². The van der Waals surface area contributed by atoms with Crippen LogP contribution in [0.4, 0.5) is 22.0 Å². The molecule has 0 radical (unpaired) electrons. The zero-order valence-electron chi connectivity index (χ0n) is 15.8. The largest absolute Gasteiger partial charge is 0.389 e. The number of carbonyl (C=O) groups is 1. The van der Waals surface area contributed by atoms with Crippen LogP contribution in [0.3, 0.4) is 0 Å². The van der Waals surface area contributed by atoms with Gasteiger partial charge in [0.25, 0.3) is 0 Å². The Labute approximate surface area is 173 Å². The van der Waals surface area contributed by atoms with Crippen LogP contribution in [0, 0.1) is 6.92 Å².